The Kier molecular flexibility index (Phi) is 3.05. The summed E-state index contributed by atoms with van der Waals surface area (Å²) in [6.45, 7) is 0. The highest BCUT2D eigenvalue weighted by Crippen LogP contribution is 2.29. The number of hydrogen-bond acceptors (Lipinski definition) is 6. The zero-order chi connectivity index (χ0) is 10.9. The van der Waals surface area contributed by atoms with E-state index in [9.17, 15) is 8.42 Å². The van der Waals surface area contributed by atoms with Crippen LogP contribution in [0.25, 0.3) is 0 Å². The number of nitrogens with one attached hydrogen (secondary N) is 1. The maximum Gasteiger partial charge on any atom is 0.273 e. The standard InChI is InChI=1S/C6H4BrN3O2S3/c7-4-1-2-13-6(4)15(11,12)9-5-3-8-10-14-5/h1-3,9H. The van der Waals surface area contributed by atoms with E-state index in [2.05, 4.69) is 30.2 Å². The lowest BCUT2D eigenvalue weighted by atomic mass is 10.7. The van der Waals surface area contributed by atoms with E-state index in [0.717, 1.165) is 22.9 Å². The van der Waals surface area contributed by atoms with Crippen LogP contribution in [0.1, 0.15) is 0 Å². The zero-order valence-electron chi connectivity index (χ0n) is 7.05. The van der Waals surface area contributed by atoms with Crippen molar-refractivity contribution in [2.24, 2.45) is 0 Å². The van der Waals surface area contributed by atoms with Crippen molar-refractivity contribution in [2.75, 3.05) is 4.72 Å². The Morgan fingerprint density at radius 3 is 2.80 bits per heavy atom. The Hall–Kier alpha value is -0.510. The maximum absolute atomic E-state index is 11.8. The van der Waals surface area contributed by atoms with E-state index in [1.165, 1.54) is 6.20 Å². The molecule has 15 heavy (non-hydrogen) atoms. The van der Waals surface area contributed by atoms with Gasteiger partial charge in [-0.25, -0.2) is 8.42 Å². The SMILES string of the molecule is O=S(=O)(Nc1cnns1)c1sccc1Br. The largest absolute Gasteiger partial charge is 0.273 e. The second kappa shape index (κ2) is 4.16. The van der Waals surface area contributed by atoms with Crippen LogP contribution in [0.5, 0.6) is 0 Å². The first-order valence-corrected chi connectivity index (χ1v) is 7.56. The van der Waals surface area contributed by atoms with Crippen molar-refractivity contribution in [2.45, 2.75) is 4.21 Å². The molecule has 9 heteroatoms. The molecule has 1 N–H and O–H groups in total. The Balaban J connectivity index is 2.33. The van der Waals surface area contributed by atoms with Crippen LogP contribution < -0.4 is 4.72 Å². The summed E-state index contributed by atoms with van der Waals surface area (Å²) in [4.78, 5) is 0. The molecule has 0 aromatic carbocycles. The Morgan fingerprint density at radius 2 is 2.27 bits per heavy atom. The predicted octanol–water partition coefficient (Wildman–Crippen LogP) is 2.16. The average molecular weight is 326 g/mol. The summed E-state index contributed by atoms with van der Waals surface area (Å²) in [6, 6.07) is 1.68. The summed E-state index contributed by atoms with van der Waals surface area (Å²) in [5, 5.41) is 5.64. The topological polar surface area (TPSA) is 72.0 Å². The van der Waals surface area contributed by atoms with Crippen molar-refractivity contribution in [3.8, 4) is 0 Å². The van der Waals surface area contributed by atoms with E-state index < -0.39 is 10.0 Å². The molecule has 0 amide bonds. The highest BCUT2D eigenvalue weighted by molar-refractivity contribution is 9.10. The van der Waals surface area contributed by atoms with E-state index >= 15 is 0 Å². The summed E-state index contributed by atoms with van der Waals surface area (Å²) in [6.07, 6.45) is 1.36. The summed E-state index contributed by atoms with van der Waals surface area (Å²) in [5.41, 5.74) is 0. The van der Waals surface area contributed by atoms with Crippen molar-refractivity contribution in [1.29, 1.82) is 0 Å². The number of rotatable bonds is 3. The molecule has 0 fully saturated rings. The molecular formula is C6H4BrN3O2S3. The molecule has 0 radical (unpaired) electrons. The van der Waals surface area contributed by atoms with Gasteiger partial charge in [-0.3, -0.25) is 4.72 Å². The molecule has 0 bridgehead atoms. The van der Waals surface area contributed by atoms with E-state index in [4.69, 9.17) is 0 Å². The van der Waals surface area contributed by atoms with Gasteiger partial charge in [0, 0.05) is 16.0 Å². The van der Waals surface area contributed by atoms with Crippen LogP contribution in [0.3, 0.4) is 0 Å². The van der Waals surface area contributed by atoms with Gasteiger partial charge in [0.15, 0.2) is 4.21 Å². The highest BCUT2D eigenvalue weighted by atomic mass is 79.9. The fraction of sp³-hybridized carbons (Fsp3) is 0. The van der Waals surface area contributed by atoms with E-state index in [0.29, 0.717) is 9.47 Å². The number of thiophene rings is 1. The second-order valence-electron chi connectivity index (χ2n) is 2.44. The van der Waals surface area contributed by atoms with Crippen LogP contribution in [0.4, 0.5) is 5.00 Å². The lowest BCUT2D eigenvalue weighted by Crippen LogP contribution is -2.10. The molecule has 0 unspecified atom stereocenters. The molecule has 0 saturated heterocycles. The third-order valence-corrected chi connectivity index (χ3v) is 6.17. The molecule has 2 heterocycles. The number of nitrogens with zero attached hydrogens (tertiary/aromatic N) is 2. The first-order valence-electron chi connectivity index (χ1n) is 3.63. The molecule has 2 aromatic rings. The average Bonchev–Trinajstić information content (AvgIpc) is 2.75. The molecule has 5 nitrogen and oxygen atoms in total. The minimum Gasteiger partial charge on any atom is -0.267 e. The number of hydrogen-bond donors (Lipinski definition) is 1. The molecular weight excluding hydrogens is 322 g/mol. The van der Waals surface area contributed by atoms with Gasteiger partial charge < -0.3 is 0 Å². The Labute approximate surface area is 102 Å². The van der Waals surface area contributed by atoms with Crippen molar-refractivity contribution >= 4 is 53.8 Å². The maximum atomic E-state index is 11.8. The van der Waals surface area contributed by atoms with Gasteiger partial charge in [-0.1, -0.05) is 4.49 Å². The minimum absolute atomic E-state index is 0.246. The molecule has 0 spiro atoms. The quantitative estimate of drug-likeness (QED) is 0.938. The van der Waals surface area contributed by atoms with Crippen molar-refractivity contribution in [1.82, 2.24) is 9.59 Å². The van der Waals surface area contributed by atoms with Crippen LogP contribution in [-0.4, -0.2) is 18.0 Å². The predicted molar refractivity (Wildman–Crippen MR) is 62.7 cm³/mol. The molecule has 80 valence electrons. The van der Waals surface area contributed by atoms with Crippen molar-refractivity contribution < 1.29 is 8.42 Å². The Bertz CT molecular complexity index is 548. The van der Waals surface area contributed by atoms with E-state index in [1.807, 2.05) is 0 Å². The van der Waals surface area contributed by atoms with Crippen molar-refractivity contribution in [3.05, 3.63) is 22.1 Å². The van der Waals surface area contributed by atoms with Crippen LogP contribution in [0.2, 0.25) is 0 Å². The number of aromatic nitrogens is 2. The molecule has 0 atom stereocenters. The highest BCUT2D eigenvalue weighted by Gasteiger charge is 2.19. The Morgan fingerprint density at radius 1 is 1.47 bits per heavy atom. The summed E-state index contributed by atoms with van der Waals surface area (Å²) in [5.74, 6) is 0. The lowest BCUT2D eigenvalue weighted by Gasteiger charge is -2.02. The second-order valence-corrected chi connectivity index (χ2v) is 6.88. The fourth-order valence-corrected chi connectivity index (χ4v) is 4.89. The zero-order valence-corrected chi connectivity index (χ0v) is 11.1. The van der Waals surface area contributed by atoms with Gasteiger partial charge >= 0.3 is 0 Å². The first kappa shape index (κ1) is 11.0. The molecule has 0 aliphatic carbocycles. The molecule has 2 aromatic heterocycles. The summed E-state index contributed by atoms with van der Waals surface area (Å²) in [7, 11) is -3.52. The minimum atomic E-state index is -3.52. The monoisotopic (exact) mass is 325 g/mol. The normalized spacial score (nSPS) is 11.5. The van der Waals surface area contributed by atoms with Gasteiger partial charge in [0.05, 0.1) is 6.20 Å². The molecule has 0 aliphatic rings. The molecule has 0 aliphatic heterocycles. The van der Waals surface area contributed by atoms with Gasteiger partial charge in [-0.15, -0.1) is 16.4 Å². The number of anilines is 1. The van der Waals surface area contributed by atoms with Crippen LogP contribution in [0, 0.1) is 0 Å². The molecule has 2 rings (SSSR count). The fourth-order valence-electron chi connectivity index (χ4n) is 0.862. The van der Waals surface area contributed by atoms with Crippen LogP contribution in [0.15, 0.2) is 26.3 Å². The van der Waals surface area contributed by atoms with Crippen LogP contribution in [-0.2, 0) is 10.0 Å². The van der Waals surface area contributed by atoms with Crippen LogP contribution >= 0.6 is 38.8 Å². The lowest BCUT2D eigenvalue weighted by molar-refractivity contribution is 0.603. The van der Waals surface area contributed by atoms with Crippen molar-refractivity contribution in [3.63, 3.8) is 0 Å². The third-order valence-electron chi connectivity index (χ3n) is 1.42. The van der Waals surface area contributed by atoms with Gasteiger partial charge in [0.25, 0.3) is 10.0 Å². The smallest absolute Gasteiger partial charge is 0.267 e. The van der Waals surface area contributed by atoms with Gasteiger partial charge in [-0.2, -0.15) is 0 Å². The van der Waals surface area contributed by atoms with Gasteiger partial charge in [-0.05, 0) is 27.4 Å². The number of halogens is 1. The van der Waals surface area contributed by atoms with E-state index in [-0.39, 0.29) is 4.21 Å². The summed E-state index contributed by atoms with van der Waals surface area (Å²) < 4.78 is 30.4. The van der Waals surface area contributed by atoms with E-state index in [1.54, 1.807) is 11.4 Å². The van der Waals surface area contributed by atoms with Gasteiger partial charge in [0.1, 0.15) is 5.00 Å². The summed E-state index contributed by atoms with van der Waals surface area (Å²) >= 11 is 5.31. The molecule has 0 saturated carbocycles. The third kappa shape index (κ3) is 2.36. The van der Waals surface area contributed by atoms with Gasteiger partial charge in [0.2, 0.25) is 0 Å². The first-order chi connectivity index (χ1) is 7.09. The number of sulfonamides is 1.